The summed E-state index contributed by atoms with van der Waals surface area (Å²) in [5.74, 6) is 0. The second-order valence-corrected chi connectivity index (χ2v) is 3.66. The van der Waals surface area contributed by atoms with Crippen LogP contribution < -0.4 is 0 Å². The lowest BCUT2D eigenvalue weighted by Crippen LogP contribution is -2.21. The summed E-state index contributed by atoms with van der Waals surface area (Å²) in [6, 6.07) is 2.02. The van der Waals surface area contributed by atoms with Crippen molar-refractivity contribution in [2.75, 3.05) is 13.1 Å². The van der Waals surface area contributed by atoms with Gasteiger partial charge in [0, 0.05) is 32.9 Å². The SMILES string of the molecule is Cn1ccc(CN2CC[C@H](O)C2)n1. The Bertz CT molecular complexity index is 284. The van der Waals surface area contributed by atoms with Crippen LogP contribution in [0.1, 0.15) is 12.1 Å². The summed E-state index contributed by atoms with van der Waals surface area (Å²) < 4.78 is 1.81. The lowest BCUT2D eigenvalue weighted by molar-refractivity contribution is 0.174. The van der Waals surface area contributed by atoms with Gasteiger partial charge in [-0.15, -0.1) is 0 Å². The van der Waals surface area contributed by atoms with E-state index >= 15 is 0 Å². The van der Waals surface area contributed by atoms with Gasteiger partial charge < -0.3 is 5.11 Å². The van der Waals surface area contributed by atoms with Crippen molar-refractivity contribution < 1.29 is 5.11 Å². The van der Waals surface area contributed by atoms with E-state index in [4.69, 9.17) is 0 Å². The summed E-state index contributed by atoms with van der Waals surface area (Å²) in [6.07, 6.45) is 2.71. The maximum Gasteiger partial charge on any atom is 0.0764 e. The summed E-state index contributed by atoms with van der Waals surface area (Å²) in [7, 11) is 1.92. The summed E-state index contributed by atoms with van der Waals surface area (Å²) in [5, 5.41) is 13.6. The Morgan fingerprint density at radius 2 is 2.54 bits per heavy atom. The smallest absolute Gasteiger partial charge is 0.0764 e. The maximum absolute atomic E-state index is 9.32. The molecular formula is C9H15N3O. The molecule has 1 aliphatic rings. The minimum absolute atomic E-state index is 0.135. The van der Waals surface area contributed by atoms with E-state index in [-0.39, 0.29) is 6.10 Å². The molecule has 1 aromatic rings. The molecule has 4 heteroatoms. The zero-order valence-electron chi connectivity index (χ0n) is 7.85. The molecule has 0 radical (unpaired) electrons. The van der Waals surface area contributed by atoms with Gasteiger partial charge >= 0.3 is 0 Å². The molecule has 72 valence electrons. The minimum Gasteiger partial charge on any atom is -0.392 e. The van der Waals surface area contributed by atoms with Crippen molar-refractivity contribution in [1.29, 1.82) is 0 Å². The van der Waals surface area contributed by atoms with Gasteiger partial charge in [-0.25, -0.2) is 0 Å². The summed E-state index contributed by atoms with van der Waals surface area (Å²) in [5.41, 5.74) is 1.08. The number of hydrogen-bond donors (Lipinski definition) is 1. The van der Waals surface area contributed by atoms with Gasteiger partial charge in [0.15, 0.2) is 0 Å². The number of likely N-dealkylation sites (tertiary alicyclic amines) is 1. The van der Waals surface area contributed by atoms with E-state index in [1.54, 1.807) is 0 Å². The highest BCUT2D eigenvalue weighted by Gasteiger charge is 2.20. The van der Waals surface area contributed by atoms with Crippen LogP contribution in [0.2, 0.25) is 0 Å². The van der Waals surface area contributed by atoms with Crippen LogP contribution in [0.25, 0.3) is 0 Å². The second kappa shape index (κ2) is 3.47. The number of aromatic nitrogens is 2. The molecule has 13 heavy (non-hydrogen) atoms. The Labute approximate surface area is 77.8 Å². The monoisotopic (exact) mass is 181 g/mol. The molecule has 0 aliphatic carbocycles. The van der Waals surface area contributed by atoms with E-state index < -0.39 is 0 Å². The van der Waals surface area contributed by atoms with E-state index in [1.807, 2.05) is 24.0 Å². The first-order valence-electron chi connectivity index (χ1n) is 4.63. The predicted octanol–water partition coefficient (Wildman–Crippen LogP) is -0.0133. The summed E-state index contributed by atoms with van der Waals surface area (Å²) >= 11 is 0. The van der Waals surface area contributed by atoms with Gasteiger partial charge in [-0.3, -0.25) is 9.58 Å². The average Bonchev–Trinajstić information content (AvgIpc) is 2.62. The highest BCUT2D eigenvalue weighted by Crippen LogP contribution is 2.11. The molecule has 0 saturated carbocycles. The lowest BCUT2D eigenvalue weighted by atomic mass is 10.3. The Morgan fingerprint density at radius 1 is 1.69 bits per heavy atom. The molecule has 1 N–H and O–H groups in total. The van der Waals surface area contributed by atoms with E-state index in [1.165, 1.54) is 0 Å². The first-order valence-corrected chi connectivity index (χ1v) is 4.63. The van der Waals surface area contributed by atoms with Crippen LogP contribution >= 0.6 is 0 Å². The zero-order chi connectivity index (χ0) is 9.26. The van der Waals surface area contributed by atoms with Crippen LogP contribution in [-0.2, 0) is 13.6 Å². The second-order valence-electron chi connectivity index (χ2n) is 3.66. The van der Waals surface area contributed by atoms with Crippen molar-refractivity contribution >= 4 is 0 Å². The van der Waals surface area contributed by atoms with Crippen LogP contribution in [0.15, 0.2) is 12.3 Å². The highest BCUT2D eigenvalue weighted by atomic mass is 16.3. The quantitative estimate of drug-likeness (QED) is 0.697. The van der Waals surface area contributed by atoms with E-state index in [9.17, 15) is 5.11 Å². The molecule has 0 spiro atoms. The van der Waals surface area contributed by atoms with Gasteiger partial charge in [0.25, 0.3) is 0 Å². The molecule has 0 amide bonds. The summed E-state index contributed by atoms with van der Waals surface area (Å²) in [6.45, 7) is 2.63. The van der Waals surface area contributed by atoms with Crippen LogP contribution in [-0.4, -0.2) is 39.0 Å². The molecule has 1 saturated heterocycles. The minimum atomic E-state index is -0.135. The fourth-order valence-corrected chi connectivity index (χ4v) is 1.73. The zero-order valence-corrected chi connectivity index (χ0v) is 7.85. The molecule has 1 aliphatic heterocycles. The third kappa shape index (κ3) is 2.08. The molecule has 2 rings (SSSR count). The topological polar surface area (TPSA) is 41.3 Å². The van der Waals surface area contributed by atoms with E-state index in [0.29, 0.717) is 0 Å². The van der Waals surface area contributed by atoms with Gasteiger partial charge in [0.05, 0.1) is 11.8 Å². The average molecular weight is 181 g/mol. The van der Waals surface area contributed by atoms with Crippen LogP contribution in [0.3, 0.4) is 0 Å². The Morgan fingerprint density at radius 3 is 3.08 bits per heavy atom. The number of aliphatic hydroxyl groups is 1. The fraction of sp³-hybridized carbons (Fsp3) is 0.667. The van der Waals surface area contributed by atoms with Crippen LogP contribution in [0, 0.1) is 0 Å². The number of hydrogen-bond acceptors (Lipinski definition) is 3. The van der Waals surface area contributed by atoms with Gasteiger partial charge in [-0.2, -0.15) is 5.10 Å². The number of rotatable bonds is 2. The summed E-state index contributed by atoms with van der Waals surface area (Å²) in [4.78, 5) is 2.23. The van der Waals surface area contributed by atoms with Crippen molar-refractivity contribution in [2.45, 2.75) is 19.1 Å². The number of aryl methyl sites for hydroxylation is 1. The van der Waals surface area contributed by atoms with E-state index in [2.05, 4.69) is 10.00 Å². The largest absolute Gasteiger partial charge is 0.392 e. The molecule has 0 aromatic carbocycles. The van der Waals surface area contributed by atoms with E-state index in [0.717, 1.165) is 31.7 Å². The highest BCUT2D eigenvalue weighted by molar-refractivity contribution is 4.99. The number of nitrogens with zero attached hydrogens (tertiary/aromatic N) is 3. The Kier molecular flexibility index (Phi) is 2.33. The first-order chi connectivity index (χ1) is 6.24. The molecule has 1 fully saturated rings. The van der Waals surface area contributed by atoms with Crippen molar-refractivity contribution in [3.63, 3.8) is 0 Å². The molecule has 1 aromatic heterocycles. The molecule has 4 nitrogen and oxygen atoms in total. The van der Waals surface area contributed by atoms with Crippen molar-refractivity contribution in [3.8, 4) is 0 Å². The van der Waals surface area contributed by atoms with Crippen molar-refractivity contribution in [3.05, 3.63) is 18.0 Å². The third-order valence-electron chi connectivity index (χ3n) is 2.40. The van der Waals surface area contributed by atoms with Gasteiger partial charge in [0.2, 0.25) is 0 Å². The standard InChI is InChI=1S/C9H15N3O/c1-11-4-2-8(10-11)6-12-5-3-9(13)7-12/h2,4,9,13H,3,5-7H2,1H3/t9-/m0/s1. The normalized spacial score (nSPS) is 24.0. The van der Waals surface area contributed by atoms with Gasteiger partial charge in [0.1, 0.15) is 0 Å². The molecule has 1 atom stereocenters. The predicted molar refractivity (Wildman–Crippen MR) is 49.1 cm³/mol. The first kappa shape index (κ1) is 8.72. The Hall–Kier alpha value is -0.870. The maximum atomic E-state index is 9.32. The molecule has 0 bridgehead atoms. The van der Waals surface area contributed by atoms with Gasteiger partial charge in [-0.05, 0) is 12.5 Å². The van der Waals surface area contributed by atoms with Crippen LogP contribution in [0.4, 0.5) is 0 Å². The van der Waals surface area contributed by atoms with Gasteiger partial charge in [-0.1, -0.05) is 0 Å². The lowest BCUT2D eigenvalue weighted by Gasteiger charge is -2.12. The Balaban J connectivity index is 1.91. The molecule has 0 unspecified atom stereocenters. The van der Waals surface area contributed by atoms with Crippen LogP contribution in [0.5, 0.6) is 0 Å². The third-order valence-corrected chi connectivity index (χ3v) is 2.40. The number of aliphatic hydroxyl groups excluding tert-OH is 1. The van der Waals surface area contributed by atoms with Crippen molar-refractivity contribution in [1.82, 2.24) is 14.7 Å². The molecular weight excluding hydrogens is 166 g/mol. The number of β-amino-alcohol motifs (C(OH)–C–C–N with tert-alkyl or cyclic N) is 1. The fourth-order valence-electron chi connectivity index (χ4n) is 1.73. The molecule has 2 heterocycles. The van der Waals surface area contributed by atoms with Crippen molar-refractivity contribution in [2.24, 2.45) is 7.05 Å².